The van der Waals surface area contributed by atoms with Crippen molar-refractivity contribution in [1.29, 1.82) is 0 Å². The van der Waals surface area contributed by atoms with E-state index in [1.807, 2.05) is 23.1 Å². The lowest BCUT2D eigenvalue weighted by Gasteiger charge is -2.48. The van der Waals surface area contributed by atoms with Crippen molar-refractivity contribution in [3.8, 4) is 0 Å². The van der Waals surface area contributed by atoms with Gasteiger partial charge in [0, 0.05) is 30.2 Å². The highest BCUT2D eigenvalue weighted by atomic mass is 16.6. The van der Waals surface area contributed by atoms with E-state index in [9.17, 15) is 14.7 Å². The van der Waals surface area contributed by atoms with Gasteiger partial charge in [0.15, 0.2) is 0 Å². The Labute approximate surface area is 164 Å². The summed E-state index contributed by atoms with van der Waals surface area (Å²) in [6.07, 6.45) is 0.0367. The van der Waals surface area contributed by atoms with Gasteiger partial charge in [0.2, 0.25) is 5.91 Å². The van der Waals surface area contributed by atoms with Crippen molar-refractivity contribution < 1.29 is 19.4 Å². The number of hydrogen-bond donors (Lipinski definition) is 2. The average molecular weight is 385 g/mol. The fourth-order valence-electron chi connectivity index (χ4n) is 4.85. The molecule has 0 saturated carbocycles. The molecule has 0 unspecified atom stereocenters. The molecule has 0 spiro atoms. The van der Waals surface area contributed by atoms with Gasteiger partial charge in [-0.2, -0.15) is 0 Å². The van der Waals surface area contributed by atoms with Gasteiger partial charge in [-0.1, -0.05) is 18.2 Å². The van der Waals surface area contributed by atoms with Crippen LogP contribution in [0.25, 0.3) is 10.9 Å². The average Bonchev–Trinajstić information content (AvgIpc) is 3.06. The Morgan fingerprint density at radius 3 is 2.89 bits per heavy atom. The van der Waals surface area contributed by atoms with Gasteiger partial charge in [-0.15, -0.1) is 0 Å². The van der Waals surface area contributed by atoms with Crippen molar-refractivity contribution in [2.45, 2.75) is 44.9 Å². The van der Waals surface area contributed by atoms with Crippen LogP contribution in [0.5, 0.6) is 0 Å². The molecule has 1 aromatic carbocycles. The molecule has 2 N–H and O–H groups in total. The van der Waals surface area contributed by atoms with E-state index < -0.39 is 24.2 Å². The number of nitrogens with zero attached hydrogens (tertiary/aromatic N) is 2. The van der Waals surface area contributed by atoms with Crippen molar-refractivity contribution in [2.75, 3.05) is 20.2 Å². The summed E-state index contributed by atoms with van der Waals surface area (Å²) in [5, 5.41) is 11.5. The molecule has 2 aliphatic rings. The number of carbonyl (C=O) groups is 2. The maximum atomic E-state index is 13.3. The molecule has 2 amide bonds. The van der Waals surface area contributed by atoms with Crippen LogP contribution in [0.15, 0.2) is 24.3 Å². The van der Waals surface area contributed by atoms with Crippen LogP contribution in [-0.4, -0.2) is 64.2 Å². The number of carbonyl (C=O) groups excluding carboxylic acids is 2. The van der Waals surface area contributed by atoms with E-state index in [1.54, 1.807) is 20.9 Å². The van der Waals surface area contributed by atoms with Gasteiger partial charge in [-0.05, 0) is 38.3 Å². The summed E-state index contributed by atoms with van der Waals surface area (Å²) in [7, 11) is 1.65. The molecule has 4 atom stereocenters. The van der Waals surface area contributed by atoms with Crippen LogP contribution in [0, 0.1) is 5.92 Å². The molecule has 7 heteroatoms. The number of amides is 2. The van der Waals surface area contributed by atoms with Crippen LogP contribution in [0.4, 0.5) is 4.79 Å². The maximum Gasteiger partial charge on any atom is 0.409 e. The van der Waals surface area contributed by atoms with Crippen molar-refractivity contribution in [2.24, 2.45) is 5.92 Å². The highest BCUT2D eigenvalue weighted by molar-refractivity contribution is 5.87. The van der Waals surface area contributed by atoms with E-state index in [1.165, 1.54) is 15.8 Å². The number of H-pyrrole nitrogens is 1. The molecule has 2 aromatic rings. The minimum absolute atomic E-state index is 0.100. The lowest BCUT2D eigenvalue weighted by molar-refractivity contribution is -0.151. The number of para-hydroxylation sites is 1. The second-order valence-electron chi connectivity index (χ2n) is 7.74. The number of aliphatic hydroxyl groups is 1. The van der Waals surface area contributed by atoms with Gasteiger partial charge >= 0.3 is 6.09 Å². The van der Waals surface area contributed by atoms with Gasteiger partial charge in [0.25, 0.3) is 0 Å². The minimum atomic E-state index is -0.848. The Kier molecular flexibility index (Phi) is 4.79. The zero-order valence-corrected chi connectivity index (χ0v) is 16.5. The monoisotopic (exact) mass is 385 g/mol. The molecular weight excluding hydrogens is 358 g/mol. The topological polar surface area (TPSA) is 85.9 Å². The number of piperidine rings is 1. The van der Waals surface area contributed by atoms with Crippen LogP contribution in [0.3, 0.4) is 0 Å². The van der Waals surface area contributed by atoms with E-state index in [4.69, 9.17) is 4.74 Å². The van der Waals surface area contributed by atoms with Crippen LogP contribution in [0.2, 0.25) is 0 Å². The fraction of sp³-hybridized carbons (Fsp3) is 0.524. The first-order valence-electron chi connectivity index (χ1n) is 9.91. The smallest absolute Gasteiger partial charge is 0.409 e. The van der Waals surface area contributed by atoms with E-state index >= 15 is 0 Å². The van der Waals surface area contributed by atoms with E-state index in [-0.39, 0.29) is 18.6 Å². The number of nitrogens with one attached hydrogen (secondary N) is 1. The lowest BCUT2D eigenvalue weighted by Crippen LogP contribution is -2.59. The SMILES string of the molecule is CCOC(=O)N(C)[C@H]1C[C@H]2c3[nH]c4ccccc4c3CCN2C(=O)[C@H]1[C@H](C)O. The Morgan fingerprint density at radius 2 is 2.18 bits per heavy atom. The summed E-state index contributed by atoms with van der Waals surface area (Å²) < 4.78 is 5.15. The first kappa shape index (κ1) is 18.8. The first-order valence-corrected chi connectivity index (χ1v) is 9.91. The summed E-state index contributed by atoms with van der Waals surface area (Å²) in [5.74, 6) is -0.756. The number of rotatable bonds is 3. The highest BCUT2D eigenvalue weighted by Gasteiger charge is 2.49. The summed E-state index contributed by atoms with van der Waals surface area (Å²) in [6.45, 7) is 4.26. The Balaban J connectivity index is 1.74. The van der Waals surface area contributed by atoms with Gasteiger partial charge < -0.3 is 24.6 Å². The first-order chi connectivity index (χ1) is 13.4. The molecule has 28 heavy (non-hydrogen) atoms. The standard InChI is InChI=1S/C21H27N3O4/c1-4-28-21(27)23(3)16-11-17-19-14(13-7-5-6-8-15(13)22-19)9-10-24(17)20(26)18(16)12(2)25/h5-8,12,16-18,22,25H,4,9-11H2,1-3H3/t12-,16-,17-,18-/m0/s1. The van der Waals surface area contributed by atoms with Gasteiger partial charge in [0.1, 0.15) is 0 Å². The molecule has 7 nitrogen and oxygen atoms in total. The molecule has 2 aliphatic heterocycles. The van der Waals surface area contributed by atoms with Gasteiger partial charge in [-0.25, -0.2) is 4.79 Å². The predicted molar refractivity (Wildman–Crippen MR) is 105 cm³/mol. The van der Waals surface area contributed by atoms with E-state index in [0.29, 0.717) is 13.0 Å². The number of ether oxygens (including phenoxy) is 1. The third-order valence-electron chi connectivity index (χ3n) is 6.18. The third kappa shape index (κ3) is 2.85. The molecule has 1 fully saturated rings. The summed E-state index contributed by atoms with van der Waals surface area (Å²) in [6, 6.07) is 7.60. The van der Waals surface area contributed by atoms with Gasteiger partial charge in [-0.3, -0.25) is 4.79 Å². The molecule has 150 valence electrons. The number of benzene rings is 1. The van der Waals surface area contributed by atoms with E-state index in [2.05, 4.69) is 11.1 Å². The second-order valence-corrected chi connectivity index (χ2v) is 7.74. The Bertz CT molecular complexity index is 906. The van der Waals surface area contributed by atoms with Crippen LogP contribution in [-0.2, 0) is 16.0 Å². The number of fused-ring (bicyclic) bond motifs is 5. The normalized spacial score (nSPS) is 25.2. The molecule has 1 saturated heterocycles. The maximum absolute atomic E-state index is 13.3. The zero-order chi connectivity index (χ0) is 20.0. The highest BCUT2D eigenvalue weighted by Crippen LogP contribution is 2.43. The number of aliphatic hydroxyl groups excluding tert-OH is 1. The zero-order valence-electron chi connectivity index (χ0n) is 16.5. The van der Waals surface area contributed by atoms with Gasteiger partial charge in [0.05, 0.1) is 30.7 Å². The van der Waals surface area contributed by atoms with Crippen LogP contribution in [0.1, 0.15) is 37.6 Å². The molecule has 0 aliphatic carbocycles. The van der Waals surface area contributed by atoms with Crippen molar-refractivity contribution in [3.05, 3.63) is 35.5 Å². The van der Waals surface area contributed by atoms with Crippen LogP contribution < -0.4 is 0 Å². The fourth-order valence-corrected chi connectivity index (χ4v) is 4.85. The predicted octanol–water partition coefficient (Wildman–Crippen LogP) is 2.45. The second kappa shape index (κ2) is 7.13. The molecular formula is C21H27N3O4. The van der Waals surface area contributed by atoms with Crippen LogP contribution >= 0.6 is 0 Å². The minimum Gasteiger partial charge on any atom is -0.450 e. The quantitative estimate of drug-likeness (QED) is 0.850. The Hall–Kier alpha value is -2.54. The summed E-state index contributed by atoms with van der Waals surface area (Å²) in [5.41, 5.74) is 3.36. The third-order valence-corrected chi connectivity index (χ3v) is 6.18. The number of aromatic amines is 1. The molecule has 0 radical (unpaired) electrons. The number of aromatic nitrogens is 1. The summed E-state index contributed by atoms with van der Waals surface area (Å²) >= 11 is 0. The largest absolute Gasteiger partial charge is 0.450 e. The van der Waals surface area contributed by atoms with Crippen molar-refractivity contribution >= 4 is 22.9 Å². The van der Waals surface area contributed by atoms with E-state index in [0.717, 1.165) is 17.6 Å². The summed E-state index contributed by atoms with van der Waals surface area (Å²) in [4.78, 5) is 32.5. The molecule has 1 aromatic heterocycles. The molecule has 4 rings (SSSR count). The Morgan fingerprint density at radius 1 is 1.43 bits per heavy atom. The molecule has 0 bridgehead atoms. The van der Waals surface area contributed by atoms with Crippen molar-refractivity contribution in [1.82, 2.24) is 14.8 Å². The number of hydrogen-bond acceptors (Lipinski definition) is 4. The molecule has 3 heterocycles. The van der Waals surface area contributed by atoms with Crippen molar-refractivity contribution in [3.63, 3.8) is 0 Å². The lowest BCUT2D eigenvalue weighted by atomic mass is 9.79.